The van der Waals surface area contributed by atoms with Crippen molar-refractivity contribution in [1.29, 1.82) is 0 Å². The van der Waals surface area contributed by atoms with Gasteiger partial charge in [-0.2, -0.15) is 0 Å². The second-order valence-electron chi connectivity index (χ2n) is 4.51. The molecule has 5 heteroatoms. The summed E-state index contributed by atoms with van der Waals surface area (Å²) in [7, 11) is 9.19. The molecule has 0 saturated carbocycles. The summed E-state index contributed by atoms with van der Waals surface area (Å²) in [5.74, 6) is 2.05. The van der Waals surface area contributed by atoms with E-state index in [2.05, 4.69) is 10.2 Å². The van der Waals surface area contributed by atoms with Gasteiger partial charge in [-0.05, 0) is 38.8 Å². The predicted molar refractivity (Wildman–Crippen MR) is 76.4 cm³/mol. The van der Waals surface area contributed by atoms with Crippen LogP contribution in [0.4, 0.5) is 0 Å². The van der Waals surface area contributed by atoms with Crippen molar-refractivity contribution in [3.05, 3.63) is 17.7 Å². The standard InChI is InChI=1S/C14H24N2O3/c1-15-10-11-8-12(17-4)14(13(9-11)18-5)19-7-6-16(2)3/h8-9,15H,6-7,10H2,1-5H3. The Hall–Kier alpha value is -1.46. The maximum Gasteiger partial charge on any atom is 0.203 e. The summed E-state index contributed by atoms with van der Waals surface area (Å²) in [4.78, 5) is 2.06. The molecule has 0 spiro atoms. The molecule has 0 saturated heterocycles. The Balaban J connectivity index is 2.92. The van der Waals surface area contributed by atoms with E-state index in [1.54, 1.807) is 14.2 Å². The van der Waals surface area contributed by atoms with Crippen molar-refractivity contribution >= 4 is 0 Å². The zero-order valence-corrected chi connectivity index (χ0v) is 12.4. The Morgan fingerprint density at radius 3 is 2.11 bits per heavy atom. The summed E-state index contributed by atoms with van der Waals surface area (Å²) in [6.45, 7) is 2.18. The molecule has 1 aromatic carbocycles. The van der Waals surface area contributed by atoms with E-state index in [1.165, 1.54) is 0 Å². The first-order chi connectivity index (χ1) is 9.12. The van der Waals surface area contributed by atoms with Crippen LogP contribution < -0.4 is 19.5 Å². The van der Waals surface area contributed by atoms with Crippen LogP contribution in [0.5, 0.6) is 17.2 Å². The monoisotopic (exact) mass is 268 g/mol. The number of nitrogens with zero attached hydrogens (tertiary/aromatic N) is 1. The maximum absolute atomic E-state index is 5.78. The van der Waals surface area contributed by atoms with Gasteiger partial charge in [0.05, 0.1) is 14.2 Å². The Morgan fingerprint density at radius 2 is 1.68 bits per heavy atom. The van der Waals surface area contributed by atoms with Gasteiger partial charge in [-0.25, -0.2) is 0 Å². The second kappa shape index (κ2) is 7.86. The third-order valence-electron chi connectivity index (χ3n) is 2.69. The van der Waals surface area contributed by atoms with Gasteiger partial charge < -0.3 is 24.4 Å². The van der Waals surface area contributed by atoms with Crippen molar-refractivity contribution < 1.29 is 14.2 Å². The van der Waals surface area contributed by atoms with Crippen LogP contribution in [0.15, 0.2) is 12.1 Å². The van der Waals surface area contributed by atoms with Crippen LogP contribution in [0, 0.1) is 0 Å². The molecule has 0 aliphatic heterocycles. The van der Waals surface area contributed by atoms with Gasteiger partial charge in [0.25, 0.3) is 0 Å². The SMILES string of the molecule is CNCc1cc(OC)c(OCCN(C)C)c(OC)c1. The quantitative estimate of drug-likeness (QED) is 0.771. The number of likely N-dealkylation sites (N-methyl/N-ethyl adjacent to an activating group) is 1. The fourth-order valence-electron chi connectivity index (χ4n) is 1.71. The predicted octanol–water partition coefficient (Wildman–Crippen LogP) is 1.36. The molecule has 0 aromatic heterocycles. The number of methoxy groups -OCH3 is 2. The number of hydrogen-bond acceptors (Lipinski definition) is 5. The van der Waals surface area contributed by atoms with Crippen molar-refractivity contribution in [1.82, 2.24) is 10.2 Å². The van der Waals surface area contributed by atoms with Crippen molar-refractivity contribution in [3.63, 3.8) is 0 Å². The number of benzene rings is 1. The summed E-state index contributed by atoms with van der Waals surface area (Å²) in [5.41, 5.74) is 1.09. The lowest BCUT2D eigenvalue weighted by molar-refractivity contribution is 0.239. The van der Waals surface area contributed by atoms with Crippen molar-refractivity contribution in [2.75, 3.05) is 48.5 Å². The molecule has 0 fully saturated rings. The molecule has 0 amide bonds. The van der Waals surface area contributed by atoms with E-state index in [9.17, 15) is 0 Å². The smallest absolute Gasteiger partial charge is 0.203 e. The molecular weight excluding hydrogens is 244 g/mol. The average molecular weight is 268 g/mol. The highest BCUT2D eigenvalue weighted by molar-refractivity contribution is 5.53. The molecule has 0 unspecified atom stereocenters. The van der Waals surface area contributed by atoms with Crippen LogP contribution in [-0.2, 0) is 6.54 Å². The minimum Gasteiger partial charge on any atom is -0.493 e. The second-order valence-corrected chi connectivity index (χ2v) is 4.51. The average Bonchev–Trinajstić information content (AvgIpc) is 2.39. The van der Waals surface area contributed by atoms with Crippen molar-refractivity contribution in [2.45, 2.75) is 6.54 Å². The Kier molecular flexibility index (Phi) is 6.45. The molecule has 0 heterocycles. The van der Waals surface area contributed by atoms with Gasteiger partial charge in [0.1, 0.15) is 6.61 Å². The van der Waals surface area contributed by atoms with Gasteiger partial charge in [0, 0.05) is 13.1 Å². The Labute approximate surface area is 115 Å². The minimum absolute atomic E-state index is 0.588. The third-order valence-corrected chi connectivity index (χ3v) is 2.69. The van der Waals surface area contributed by atoms with Crippen LogP contribution in [0.2, 0.25) is 0 Å². The van der Waals surface area contributed by atoms with Gasteiger partial charge in [0.2, 0.25) is 5.75 Å². The molecule has 0 aliphatic carbocycles. The van der Waals surface area contributed by atoms with Crippen LogP contribution in [0.25, 0.3) is 0 Å². The first-order valence-corrected chi connectivity index (χ1v) is 6.29. The Morgan fingerprint density at radius 1 is 1.11 bits per heavy atom. The summed E-state index contributed by atoms with van der Waals surface area (Å²) in [6, 6.07) is 3.92. The molecule has 5 nitrogen and oxygen atoms in total. The van der Waals surface area contributed by atoms with Crippen LogP contribution in [-0.4, -0.2) is 53.4 Å². The lowest BCUT2D eigenvalue weighted by atomic mass is 10.2. The summed E-state index contributed by atoms with van der Waals surface area (Å²) < 4.78 is 16.6. The van der Waals surface area contributed by atoms with Gasteiger partial charge in [-0.3, -0.25) is 0 Å². The number of rotatable bonds is 8. The molecule has 0 radical (unpaired) electrons. The topological polar surface area (TPSA) is 43.0 Å². The van der Waals surface area contributed by atoms with Gasteiger partial charge in [-0.15, -0.1) is 0 Å². The number of nitrogens with one attached hydrogen (secondary N) is 1. The normalized spacial score (nSPS) is 10.6. The van der Waals surface area contributed by atoms with Crippen LogP contribution >= 0.6 is 0 Å². The van der Waals surface area contributed by atoms with E-state index in [-0.39, 0.29) is 0 Å². The fourth-order valence-corrected chi connectivity index (χ4v) is 1.71. The highest BCUT2D eigenvalue weighted by Crippen LogP contribution is 2.38. The molecule has 0 aliphatic rings. The lowest BCUT2D eigenvalue weighted by Gasteiger charge is -2.17. The van der Waals surface area contributed by atoms with E-state index >= 15 is 0 Å². The Bertz CT molecular complexity index is 369. The third kappa shape index (κ3) is 4.61. The molecule has 0 atom stereocenters. The maximum atomic E-state index is 5.78. The first-order valence-electron chi connectivity index (χ1n) is 6.29. The first kappa shape index (κ1) is 15.6. The molecule has 108 valence electrons. The van der Waals surface area contributed by atoms with E-state index in [1.807, 2.05) is 33.3 Å². The van der Waals surface area contributed by atoms with Gasteiger partial charge in [0.15, 0.2) is 11.5 Å². The zero-order chi connectivity index (χ0) is 14.3. The van der Waals surface area contributed by atoms with E-state index < -0.39 is 0 Å². The lowest BCUT2D eigenvalue weighted by Crippen LogP contribution is -2.19. The summed E-state index contributed by atoms with van der Waals surface area (Å²) in [5, 5.41) is 3.11. The van der Waals surface area contributed by atoms with E-state index in [0.717, 1.165) is 18.7 Å². The highest BCUT2D eigenvalue weighted by atomic mass is 16.5. The molecular formula is C14H24N2O3. The fraction of sp³-hybridized carbons (Fsp3) is 0.571. The van der Waals surface area contributed by atoms with Crippen LogP contribution in [0.1, 0.15) is 5.56 Å². The highest BCUT2D eigenvalue weighted by Gasteiger charge is 2.14. The van der Waals surface area contributed by atoms with Gasteiger partial charge >= 0.3 is 0 Å². The number of hydrogen-bond donors (Lipinski definition) is 1. The minimum atomic E-state index is 0.588. The summed E-state index contributed by atoms with van der Waals surface area (Å²) in [6.07, 6.45) is 0. The van der Waals surface area contributed by atoms with Gasteiger partial charge in [-0.1, -0.05) is 0 Å². The summed E-state index contributed by atoms with van der Waals surface area (Å²) >= 11 is 0. The molecule has 0 bridgehead atoms. The largest absolute Gasteiger partial charge is 0.493 e. The molecule has 1 aromatic rings. The molecule has 1 N–H and O–H groups in total. The number of ether oxygens (including phenoxy) is 3. The van der Waals surface area contributed by atoms with Crippen molar-refractivity contribution in [3.8, 4) is 17.2 Å². The van der Waals surface area contributed by atoms with E-state index in [0.29, 0.717) is 23.9 Å². The zero-order valence-electron chi connectivity index (χ0n) is 12.4. The van der Waals surface area contributed by atoms with E-state index in [4.69, 9.17) is 14.2 Å². The molecule has 19 heavy (non-hydrogen) atoms. The van der Waals surface area contributed by atoms with Crippen molar-refractivity contribution in [2.24, 2.45) is 0 Å². The molecule has 1 rings (SSSR count). The van der Waals surface area contributed by atoms with Crippen LogP contribution in [0.3, 0.4) is 0 Å².